The Kier molecular flexibility index (Phi) is 9.80. The standard InChI is InChI=1S/C20H38O5Si/c1-14(9-8-10-26(5,6)7)11-17(23-3)20-18(24-4)12-15(2)19(25-20)16(22)13-21/h14-22H,9,11-13H2,1-7H3/t14-,15+,16-,17-,18-,19+,20+/m0/s1. The average Bonchev–Trinajstić information content (AvgIpc) is 2.57. The molecular formula is C20H38O5Si. The van der Waals surface area contributed by atoms with Gasteiger partial charge in [0.1, 0.15) is 20.3 Å². The van der Waals surface area contributed by atoms with Gasteiger partial charge in [0.05, 0.1) is 24.9 Å². The smallest absolute Gasteiger partial charge is 0.129 e. The van der Waals surface area contributed by atoms with Gasteiger partial charge in [-0.3, -0.25) is 0 Å². The number of aliphatic hydroxyl groups excluding tert-OH is 2. The summed E-state index contributed by atoms with van der Waals surface area (Å²) in [5.74, 6) is 3.82. The molecule has 2 N–H and O–H groups in total. The number of hydrogen-bond acceptors (Lipinski definition) is 5. The lowest BCUT2D eigenvalue weighted by atomic mass is 9.85. The third kappa shape index (κ3) is 7.30. The predicted octanol–water partition coefficient (Wildman–Crippen LogP) is 2.46. The molecule has 0 spiro atoms. The minimum absolute atomic E-state index is 0.0858. The van der Waals surface area contributed by atoms with Gasteiger partial charge in [-0.2, -0.15) is 0 Å². The molecule has 0 saturated carbocycles. The average molecular weight is 387 g/mol. The van der Waals surface area contributed by atoms with Crippen LogP contribution >= 0.6 is 0 Å². The van der Waals surface area contributed by atoms with Crippen molar-refractivity contribution < 1.29 is 24.4 Å². The molecular weight excluding hydrogens is 348 g/mol. The minimum atomic E-state index is -1.34. The molecule has 6 heteroatoms. The Hall–Kier alpha value is -0.423. The molecule has 0 aromatic carbocycles. The first-order valence-electron chi connectivity index (χ1n) is 9.62. The lowest BCUT2D eigenvalue weighted by Gasteiger charge is -2.44. The number of rotatable bonds is 8. The Bertz CT molecular complexity index is 467. The van der Waals surface area contributed by atoms with E-state index in [0.29, 0.717) is 5.92 Å². The molecule has 0 amide bonds. The lowest BCUT2D eigenvalue weighted by molar-refractivity contribution is -0.219. The van der Waals surface area contributed by atoms with E-state index in [4.69, 9.17) is 14.2 Å². The number of aliphatic hydroxyl groups is 2. The van der Waals surface area contributed by atoms with Crippen LogP contribution in [-0.2, 0) is 14.2 Å². The normalized spacial score (nSPS) is 30.2. The summed E-state index contributed by atoms with van der Waals surface area (Å²) in [4.78, 5) is 0. The Morgan fingerprint density at radius 1 is 1.23 bits per heavy atom. The molecule has 1 heterocycles. The van der Waals surface area contributed by atoms with E-state index in [9.17, 15) is 10.2 Å². The molecule has 0 radical (unpaired) electrons. The van der Waals surface area contributed by atoms with E-state index < -0.39 is 20.3 Å². The highest BCUT2D eigenvalue weighted by Crippen LogP contribution is 2.33. The first-order valence-corrected chi connectivity index (χ1v) is 13.1. The van der Waals surface area contributed by atoms with Crippen molar-refractivity contribution in [3.05, 3.63) is 0 Å². The highest BCUT2D eigenvalue weighted by atomic mass is 28.3. The van der Waals surface area contributed by atoms with Crippen LogP contribution in [0.1, 0.15) is 33.1 Å². The van der Waals surface area contributed by atoms with Gasteiger partial charge in [-0.15, -0.1) is 11.5 Å². The van der Waals surface area contributed by atoms with Crippen molar-refractivity contribution in [2.24, 2.45) is 11.8 Å². The van der Waals surface area contributed by atoms with Crippen molar-refractivity contribution in [3.63, 3.8) is 0 Å². The maximum absolute atomic E-state index is 10.1. The zero-order valence-electron chi connectivity index (χ0n) is 17.5. The monoisotopic (exact) mass is 386 g/mol. The topological polar surface area (TPSA) is 68.2 Å². The highest BCUT2D eigenvalue weighted by Gasteiger charge is 2.43. The molecule has 0 bridgehead atoms. The molecule has 26 heavy (non-hydrogen) atoms. The van der Waals surface area contributed by atoms with Gasteiger partial charge in [-0.1, -0.05) is 33.5 Å². The van der Waals surface area contributed by atoms with Crippen LogP contribution in [0.2, 0.25) is 19.6 Å². The van der Waals surface area contributed by atoms with Gasteiger partial charge in [0, 0.05) is 20.6 Å². The third-order valence-electron chi connectivity index (χ3n) is 4.93. The van der Waals surface area contributed by atoms with Crippen molar-refractivity contribution >= 4 is 8.07 Å². The van der Waals surface area contributed by atoms with E-state index in [-0.39, 0.29) is 30.8 Å². The Balaban J connectivity index is 2.79. The second kappa shape index (κ2) is 10.8. The summed E-state index contributed by atoms with van der Waals surface area (Å²) in [5, 5.41) is 19.4. The molecule has 1 aliphatic rings. The van der Waals surface area contributed by atoms with E-state index in [1.54, 1.807) is 14.2 Å². The lowest BCUT2D eigenvalue weighted by Crippen LogP contribution is -2.54. The van der Waals surface area contributed by atoms with Crippen molar-refractivity contribution in [3.8, 4) is 11.5 Å². The maximum atomic E-state index is 10.1. The molecule has 1 aliphatic heterocycles. The minimum Gasteiger partial charge on any atom is -0.394 e. The summed E-state index contributed by atoms with van der Waals surface area (Å²) in [7, 11) is 2.03. The summed E-state index contributed by atoms with van der Waals surface area (Å²) < 4.78 is 17.6. The third-order valence-corrected chi connectivity index (χ3v) is 5.86. The van der Waals surface area contributed by atoms with Gasteiger partial charge in [0.25, 0.3) is 0 Å². The Morgan fingerprint density at radius 2 is 1.88 bits per heavy atom. The van der Waals surface area contributed by atoms with Gasteiger partial charge in [0.15, 0.2) is 0 Å². The molecule has 1 rings (SSSR count). The van der Waals surface area contributed by atoms with Gasteiger partial charge in [0.2, 0.25) is 0 Å². The van der Waals surface area contributed by atoms with E-state index in [1.165, 1.54) is 0 Å². The van der Waals surface area contributed by atoms with Crippen LogP contribution in [0.4, 0.5) is 0 Å². The molecule has 1 saturated heterocycles. The van der Waals surface area contributed by atoms with Crippen molar-refractivity contribution in [1.82, 2.24) is 0 Å². The van der Waals surface area contributed by atoms with Gasteiger partial charge >= 0.3 is 0 Å². The molecule has 7 atom stereocenters. The van der Waals surface area contributed by atoms with Crippen LogP contribution < -0.4 is 0 Å². The van der Waals surface area contributed by atoms with Gasteiger partial charge in [-0.05, 0) is 24.7 Å². The van der Waals surface area contributed by atoms with E-state index in [1.807, 2.05) is 6.92 Å². The summed E-state index contributed by atoms with van der Waals surface area (Å²) in [6.07, 6.45) is 0.651. The van der Waals surface area contributed by atoms with Gasteiger partial charge in [-0.25, -0.2) is 0 Å². The zero-order valence-corrected chi connectivity index (χ0v) is 18.5. The van der Waals surface area contributed by atoms with Crippen LogP contribution in [0, 0.1) is 23.3 Å². The Labute approximate surface area is 160 Å². The molecule has 0 aliphatic carbocycles. The fraction of sp³-hybridized carbons (Fsp3) is 0.900. The van der Waals surface area contributed by atoms with Crippen molar-refractivity contribution in [2.45, 2.75) is 83.3 Å². The van der Waals surface area contributed by atoms with Crippen LogP contribution in [0.3, 0.4) is 0 Å². The molecule has 152 valence electrons. The quantitative estimate of drug-likeness (QED) is 0.495. The fourth-order valence-electron chi connectivity index (χ4n) is 3.50. The fourth-order valence-corrected chi connectivity index (χ4v) is 4.14. The van der Waals surface area contributed by atoms with Gasteiger partial charge < -0.3 is 24.4 Å². The maximum Gasteiger partial charge on any atom is 0.129 e. The summed E-state index contributed by atoms with van der Waals surface area (Å²) in [6, 6.07) is 0. The van der Waals surface area contributed by atoms with Crippen LogP contribution in [0.15, 0.2) is 0 Å². The molecule has 0 aromatic rings. The molecule has 5 nitrogen and oxygen atoms in total. The van der Waals surface area contributed by atoms with E-state index in [2.05, 4.69) is 38.0 Å². The Morgan fingerprint density at radius 3 is 2.38 bits per heavy atom. The van der Waals surface area contributed by atoms with Crippen molar-refractivity contribution in [2.75, 3.05) is 20.8 Å². The SMILES string of the molecule is CO[C@@H](C[C@@H](C)CC#C[Si](C)(C)C)[C@H]1O[C@@H]([C@@H](O)CO)[C@H](C)C[C@@H]1OC. The zero-order chi connectivity index (χ0) is 19.9. The van der Waals surface area contributed by atoms with Crippen molar-refractivity contribution in [1.29, 1.82) is 0 Å². The van der Waals surface area contributed by atoms with Crippen LogP contribution in [0.5, 0.6) is 0 Å². The second-order valence-electron chi connectivity index (χ2n) is 8.67. The summed E-state index contributed by atoms with van der Waals surface area (Å²) in [6.45, 7) is 10.6. The summed E-state index contributed by atoms with van der Waals surface area (Å²) >= 11 is 0. The molecule has 1 fully saturated rings. The van der Waals surface area contributed by atoms with Crippen LogP contribution in [-0.4, -0.2) is 69.6 Å². The largest absolute Gasteiger partial charge is 0.394 e. The molecule has 0 unspecified atom stereocenters. The predicted molar refractivity (Wildman–Crippen MR) is 107 cm³/mol. The number of methoxy groups -OCH3 is 2. The second-order valence-corrected chi connectivity index (χ2v) is 13.4. The summed E-state index contributed by atoms with van der Waals surface area (Å²) in [5.41, 5.74) is 3.41. The van der Waals surface area contributed by atoms with E-state index >= 15 is 0 Å². The highest BCUT2D eigenvalue weighted by molar-refractivity contribution is 6.83. The van der Waals surface area contributed by atoms with E-state index in [0.717, 1.165) is 19.3 Å². The number of hydrogen-bond donors (Lipinski definition) is 2. The first-order chi connectivity index (χ1) is 12.1. The molecule has 0 aromatic heterocycles. The van der Waals surface area contributed by atoms with Crippen LogP contribution in [0.25, 0.3) is 0 Å². The first kappa shape index (κ1) is 23.6. The number of ether oxygens (including phenoxy) is 3.